The van der Waals surface area contributed by atoms with Crippen LogP contribution in [-0.4, -0.2) is 67.3 Å². The summed E-state index contributed by atoms with van der Waals surface area (Å²) in [5, 5.41) is 2.49. The van der Waals surface area contributed by atoms with Gasteiger partial charge in [-0.15, -0.1) is 11.6 Å². The number of carbonyl (C=O) groups excluding carboxylic acids is 1. The highest BCUT2D eigenvalue weighted by Crippen LogP contribution is 2.39. The number of rotatable bonds is 6. The first kappa shape index (κ1) is 16.0. The van der Waals surface area contributed by atoms with Crippen molar-refractivity contribution in [2.75, 3.05) is 39.5 Å². The van der Waals surface area contributed by atoms with E-state index in [-0.39, 0.29) is 11.4 Å². The third-order valence-electron chi connectivity index (χ3n) is 4.25. The molecule has 0 bridgehead atoms. The van der Waals surface area contributed by atoms with Crippen LogP contribution < -0.4 is 5.32 Å². The summed E-state index contributed by atoms with van der Waals surface area (Å²) in [7, 11) is 0. The Morgan fingerprint density at radius 1 is 1.50 bits per heavy atom. The smallest absolute Gasteiger partial charge is 0.237 e. The van der Waals surface area contributed by atoms with Crippen LogP contribution in [0.15, 0.2) is 0 Å². The molecule has 1 amide bonds. The molecule has 1 saturated heterocycles. The maximum Gasteiger partial charge on any atom is 0.237 e. The number of halogens is 1. The van der Waals surface area contributed by atoms with Crippen molar-refractivity contribution >= 4 is 17.5 Å². The monoisotopic (exact) mass is 304 g/mol. The first-order valence-corrected chi connectivity index (χ1v) is 7.87. The predicted octanol–water partition coefficient (Wildman–Crippen LogP) is 1.000. The van der Waals surface area contributed by atoms with E-state index in [4.69, 9.17) is 21.1 Å². The summed E-state index contributed by atoms with van der Waals surface area (Å²) < 4.78 is 11.1. The second-order valence-electron chi connectivity index (χ2n) is 5.64. The molecule has 5 nitrogen and oxygen atoms in total. The SMILES string of the molecule is CCOC1CC(CNC(=O)C(C)Cl)(N2CCOCC2)C1. The molecule has 0 aromatic heterocycles. The molecule has 0 radical (unpaired) electrons. The van der Waals surface area contributed by atoms with E-state index in [0.29, 0.717) is 12.6 Å². The number of alkyl halides is 1. The lowest BCUT2D eigenvalue weighted by atomic mass is 9.72. The Kier molecular flexibility index (Phi) is 5.66. The molecule has 1 N–H and O–H groups in total. The van der Waals surface area contributed by atoms with Gasteiger partial charge in [-0.25, -0.2) is 0 Å². The van der Waals surface area contributed by atoms with Gasteiger partial charge in [-0.3, -0.25) is 9.69 Å². The lowest BCUT2D eigenvalue weighted by Crippen LogP contribution is -2.67. The first-order chi connectivity index (χ1) is 9.57. The molecule has 1 unspecified atom stereocenters. The highest BCUT2D eigenvalue weighted by Gasteiger charge is 2.49. The van der Waals surface area contributed by atoms with Gasteiger partial charge in [0.1, 0.15) is 5.38 Å². The van der Waals surface area contributed by atoms with Crippen molar-refractivity contribution in [3.8, 4) is 0 Å². The van der Waals surface area contributed by atoms with E-state index >= 15 is 0 Å². The van der Waals surface area contributed by atoms with Crippen molar-refractivity contribution < 1.29 is 14.3 Å². The maximum atomic E-state index is 11.7. The molecule has 1 aliphatic carbocycles. The Labute approximate surface area is 125 Å². The normalized spacial score (nSPS) is 32.5. The van der Waals surface area contributed by atoms with Crippen molar-refractivity contribution in [1.29, 1.82) is 0 Å². The lowest BCUT2D eigenvalue weighted by Gasteiger charge is -2.55. The van der Waals surface area contributed by atoms with E-state index in [1.807, 2.05) is 6.92 Å². The molecule has 116 valence electrons. The highest BCUT2D eigenvalue weighted by molar-refractivity contribution is 6.30. The van der Waals surface area contributed by atoms with Crippen LogP contribution in [0.4, 0.5) is 0 Å². The molecular weight excluding hydrogens is 280 g/mol. The summed E-state index contributed by atoms with van der Waals surface area (Å²) in [5.74, 6) is -0.0980. The minimum Gasteiger partial charge on any atom is -0.379 e. The maximum absolute atomic E-state index is 11.7. The summed E-state index contributed by atoms with van der Waals surface area (Å²) in [5.41, 5.74) is 0.0189. The number of nitrogens with one attached hydrogen (secondary N) is 1. The van der Waals surface area contributed by atoms with Gasteiger partial charge in [0.2, 0.25) is 5.91 Å². The average molecular weight is 305 g/mol. The van der Waals surface area contributed by atoms with E-state index < -0.39 is 5.38 Å². The van der Waals surface area contributed by atoms with E-state index in [1.165, 1.54) is 0 Å². The quantitative estimate of drug-likeness (QED) is 0.744. The summed E-state index contributed by atoms with van der Waals surface area (Å²) in [6, 6.07) is 0. The van der Waals surface area contributed by atoms with E-state index in [9.17, 15) is 4.79 Å². The lowest BCUT2D eigenvalue weighted by molar-refractivity contribution is -0.134. The second kappa shape index (κ2) is 7.07. The highest BCUT2D eigenvalue weighted by atomic mass is 35.5. The molecule has 20 heavy (non-hydrogen) atoms. The van der Waals surface area contributed by atoms with Crippen molar-refractivity contribution in [3.05, 3.63) is 0 Å². The van der Waals surface area contributed by atoms with Gasteiger partial charge < -0.3 is 14.8 Å². The van der Waals surface area contributed by atoms with Crippen LogP contribution in [0, 0.1) is 0 Å². The zero-order valence-electron chi connectivity index (χ0n) is 12.4. The summed E-state index contributed by atoms with van der Waals surface area (Å²) in [4.78, 5) is 14.1. The number of morpholine rings is 1. The molecule has 2 aliphatic rings. The van der Waals surface area contributed by atoms with Crippen molar-refractivity contribution in [3.63, 3.8) is 0 Å². The third kappa shape index (κ3) is 3.64. The van der Waals surface area contributed by atoms with Gasteiger partial charge in [-0.1, -0.05) is 0 Å². The number of hydrogen-bond donors (Lipinski definition) is 1. The zero-order valence-corrected chi connectivity index (χ0v) is 13.1. The van der Waals surface area contributed by atoms with Crippen LogP contribution >= 0.6 is 11.6 Å². The van der Waals surface area contributed by atoms with Crippen LogP contribution in [0.5, 0.6) is 0 Å². The number of carbonyl (C=O) groups is 1. The van der Waals surface area contributed by atoms with Gasteiger partial charge >= 0.3 is 0 Å². The second-order valence-corrected chi connectivity index (χ2v) is 6.30. The average Bonchev–Trinajstić information content (AvgIpc) is 2.41. The molecule has 1 saturated carbocycles. The Hall–Kier alpha value is -0.360. The Morgan fingerprint density at radius 2 is 2.15 bits per heavy atom. The molecule has 1 aliphatic heterocycles. The largest absolute Gasteiger partial charge is 0.379 e. The minimum absolute atomic E-state index is 0.0189. The molecular formula is C14H25ClN2O3. The van der Waals surface area contributed by atoms with Gasteiger partial charge in [0.05, 0.1) is 19.3 Å². The zero-order chi connectivity index (χ0) is 14.6. The van der Waals surface area contributed by atoms with E-state index in [0.717, 1.165) is 45.8 Å². The molecule has 0 spiro atoms. The Morgan fingerprint density at radius 3 is 2.70 bits per heavy atom. The van der Waals surface area contributed by atoms with Gasteiger partial charge in [0, 0.05) is 31.8 Å². The molecule has 2 rings (SSSR count). The summed E-state index contributed by atoms with van der Waals surface area (Å²) in [6.45, 7) is 8.48. The van der Waals surface area contributed by atoms with Gasteiger partial charge in [0.25, 0.3) is 0 Å². The van der Waals surface area contributed by atoms with Gasteiger partial charge in [0.15, 0.2) is 0 Å². The van der Waals surface area contributed by atoms with Crippen molar-refractivity contribution in [2.24, 2.45) is 0 Å². The van der Waals surface area contributed by atoms with Crippen LogP contribution in [-0.2, 0) is 14.3 Å². The number of nitrogens with zero attached hydrogens (tertiary/aromatic N) is 1. The van der Waals surface area contributed by atoms with E-state index in [2.05, 4.69) is 10.2 Å². The van der Waals surface area contributed by atoms with Gasteiger partial charge in [-0.05, 0) is 26.7 Å². The fraction of sp³-hybridized carbons (Fsp3) is 0.929. The topological polar surface area (TPSA) is 50.8 Å². The molecule has 0 aromatic carbocycles. The summed E-state index contributed by atoms with van der Waals surface area (Å²) in [6.07, 6.45) is 2.25. The fourth-order valence-corrected chi connectivity index (χ4v) is 3.16. The minimum atomic E-state index is -0.487. The van der Waals surface area contributed by atoms with E-state index in [1.54, 1.807) is 6.92 Å². The van der Waals surface area contributed by atoms with Crippen LogP contribution in [0.25, 0.3) is 0 Å². The molecule has 1 heterocycles. The molecule has 1 atom stereocenters. The fourth-order valence-electron chi connectivity index (χ4n) is 3.09. The van der Waals surface area contributed by atoms with Crippen LogP contribution in [0.2, 0.25) is 0 Å². The molecule has 0 aromatic rings. The molecule has 6 heteroatoms. The van der Waals surface area contributed by atoms with Crippen LogP contribution in [0.3, 0.4) is 0 Å². The number of amides is 1. The first-order valence-electron chi connectivity index (χ1n) is 7.43. The van der Waals surface area contributed by atoms with Crippen LogP contribution in [0.1, 0.15) is 26.7 Å². The Balaban J connectivity index is 1.92. The predicted molar refractivity (Wildman–Crippen MR) is 78.1 cm³/mol. The standard InChI is InChI=1S/C14H25ClN2O3/c1-3-20-12-8-14(9-12,10-16-13(18)11(2)15)17-4-6-19-7-5-17/h11-12H,3-10H2,1-2H3,(H,16,18). The van der Waals surface area contributed by atoms with Gasteiger partial charge in [-0.2, -0.15) is 0 Å². The Bertz CT molecular complexity index is 326. The summed E-state index contributed by atoms with van der Waals surface area (Å²) >= 11 is 5.81. The van der Waals surface area contributed by atoms with Crippen molar-refractivity contribution in [1.82, 2.24) is 10.2 Å². The molecule has 2 fully saturated rings. The number of ether oxygens (including phenoxy) is 2. The van der Waals surface area contributed by atoms with Crippen molar-refractivity contribution in [2.45, 2.75) is 43.7 Å². The number of hydrogen-bond acceptors (Lipinski definition) is 4. The third-order valence-corrected chi connectivity index (χ3v) is 4.45.